The molecule has 3 saturated heterocycles. The van der Waals surface area contributed by atoms with Gasteiger partial charge in [0.05, 0.1) is 26.0 Å². The number of benzene rings is 1. The predicted molar refractivity (Wildman–Crippen MR) is 102 cm³/mol. The molecule has 1 aromatic rings. The summed E-state index contributed by atoms with van der Waals surface area (Å²) in [5.74, 6) is -0.556. The van der Waals surface area contributed by atoms with Gasteiger partial charge in [0.15, 0.2) is 5.79 Å². The van der Waals surface area contributed by atoms with Gasteiger partial charge in [0.25, 0.3) is 0 Å². The molecule has 28 heavy (non-hydrogen) atoms. The van der Waals surface area contributed by atoms with Crippen molar-refractivity contribution >= 4 is 17.5 Å². The summed E-state index contributed by atoms with van der Waals surface area (Å²) in [5.41, 5.74) is 1.02. The van der Waals surface area contributed by atoms with Gasteiger partial charge in [-0.1, -0.05) is 12.1 Å². The van der Waals surface area contributed by atoms with E-state index >= 15 is 0 Å². The molecule has 3 aliphatic rings. The van der Waals surface area contributed by atoms with E-state index in [-0.39, 0.29) is 0 Å². The third-order valence-electron chi connectivity index (χ3n) is 5.80. The summed E-state index contributed by atoms with van der Waals surface area (Å²) in [6.45, 7) is 4.57. The van der Waals surface area contributed by atoms with Gasteiger partial charge in [-0.2, -0.15) is 0 Å². The Hall–Kier alpha value is -2.32. The molecule has 4 rings (SSSR count). The summed E-state index contributed by atoms with van der Waals surface area (Å²) >= 11 is 0. The maximum atomic E-state index is 12.7. The molecule has 0 saturated carbocycles. The van der Waals surface area contributed by atoms with Gasteiger partial charge in [0.2, 0.25) is 0 Å². The van der Waals surface area contributed by atoms with E-state index in [2.05, 4.69) is 4.90 Å². The van der Waals surface area contributed by atoms with E-state index < -0.39 is 17.6 Å². The molecule has 0 radical (unpaired) electrons. The fourth-order valence-corrected chi connectivity index (χ4v) is 4.15. The Labute approximate surface area is 164 Å². The largest absolute Gasteiger partial charge is 0.495 e. The number of para-hydroxylation sites is 2. The Balaban J connectivity index is 1.31. The van der Waals surface area contributed by atoms with Gasteiger partial charge in [0.1, 0.15) is 5.75 Å². The Morgan fingerprint density at radius 2 is 1.46 bits per heavy atom. The highest BCUT2D eigenvalue weighted by molar-refractivity contribution is 6.35. The zero-order valence-electron chi connectivity index (χ0n) is 16.3. The number of carbonyl (C=O) groups excluding carboxylic acids is 2. The third kappa shape index (κ3) is 3.66. The van der Waals surface area contributed by atoms with Crippen LogP contribution in [0.1, 0.15) is 12.8 Å². The molecule has 3 heterocycles. The molecule has 0 unspecified atom stereocenters. The molecule has 0 aliphatic carbocycles. The van der Waals surface area contributed by atoms with E-state index in [4.69, 9.17) is 14.2 Å². The van der Waals surface area contributed by atoms with Gasteiger partial charge in [0, 0.05) is 52.1 Å². The number of anilines is 1. The van der Waals surface area contributed by atoms with Crippen molar-refractivity contribution < 1.29 is 23.8 Å². The number of amides is 2. The van der Waals surface area contributed by atoms with Crippen LogP contribution in [0.3, 0.4) is 0 Å². The summed E-state index contributed by atoms with van der Waals surface area (Å²) in [6.07, 6.45) is 1.24. The first-order valence-electron chi connectivity index (χ1n) is 9.86. The highest BCUT2D eigenvalue weighted by Crippen LogP contribution is 2.31. The lowest BCUT2D eigenvalue weighted by Crippen LogP contribution is -2.55. The first kappa shape index (κ1) is 19.0. The lowest BCUT2D eigenvalue weighted by atomic mass is 10.0. The van der Waals surface area contributed by atoms with Crippen molar-refractivity contribution in [3.8, 4) is 5.75 Å². The number of nitrogens with zero attached hydrogens (tertiary/aromatic N) is 3. The highest BCUT2D eigenvalue weighted by Gasteiger charge is 2.42. The monoisotopic (exact) mass is 389 g/mol. The van der Waals surface area contributed by atoms with E-state index in [1.165, 1.54) is 0 Å². The molecule has 1 aromatic carbocycles. The molecule has 3 aliphatic heterocycles. The van der Waals surface area contributed by atoms with Gasteiger partial charge in [-0.3, -0.25) is 9.59 Å². The van der Waals surface area contributed by atoms with Crippen LogP contribution in [0.5, 0.6) is 5.75 Å². The number of hydrogen-bond donors (Lipinski definition) is 0. The fraction of sp³-hybridized carbons (Fsp3) is 0.600. The Kier molecular flexibility index (Phi) is 5.41. The summed E-state index contributed by atoms with van der Waals surface area (Å²) in [5, 5.41) is 0. The van der Waals surface area contributed by atoms with Gasteiger partial charge >= 0.3 is 11.8 Å². The maximum Gasteiger partial charge on any atom is 0.312 e. The van der Waals surface area contributed by atoms with E-state index in [1.807, 2.05) is 24.3 Å². The number of ether oxygens (including phenoxy) is 3. The lowest BCUT2D eigenvalue weighted by molar-refractivity contribution is -0.188. The molecule has 0 bridgehead atoms. The zero-order valence-corrected chi connectivity index (χ0v) is 16.3. The molecular formula is C20H27N3O5. The van der Waals surface area contributed by atoms with Crippen LogP contribution in [0.25, 0.3) is 0 Å². The second-order valence-electron chi connectivity index (χ2n) is 7.35. The van der Waals surface area contributed by atoms with Gasteiger partial charge in [-0.15, -0.1) is 0 Å². The van der Waals surface area contributed by atoms with Crippen molar-refractivity contribution in [1.29, 1.82) is 0 Å². The number of hydrogen-bond acceptors (Lipinski definition) is 6. The van der Waals surface area contributed by atoms with Crippen molar-refractivity contribution in [1.82, 2.24) is 9.80 Å². The Bertz CT molecular complexity index is 716. The molecule has 0 N–H and O–H groups in total. The van der Waals surface area contributed by atoms with Crippen molar-refractivity contribution in [2.75, 3.05) is 64.5 Å². The topological polar surface area (TPSA) is 71.6 Å². The summed E-state index contributed by atoms with van der Waals surface area (Å²) in [4.78, 5) is 30.8. The SMILES string of the molecule is COc1ccccc1N1CCN(C(=O)C(=O)N2CCC3(CC2)OCCO3)CC1. The molecule has 1 spiro atoms. The van der Waals surface area contributed by atoms with Crippen LogP contribution in [0.15, 0.2) is 24.3 Å². The van der Waals surface area contributed by atoms with Gasteiger partial charge in [-0.25, -0.2) is 0 Å². The summed E-state index contributed by atoms with van der Waals surface area (Å²) < 4.78 is 16.8. The van der Waals surface area contributed by atoms with Crippen LogP contribution in [0.4, 0.5) is 5.69 Å². The van der Waals surface area contributed by atoms with E-state index in [0.29, 0.717) is 65.3 Å². The van der Waals surface area contributed by atoms with Crippen LogP contribution in [0.2, 0.25) is 0 Å². The van der Waals surface area contributed by atoms with Crippen LogP contribution in [-0.2, 0) is 19.1 Å². The van der Waals surface area contributed by atoms with Crippen LogP contribution < -0.4 is 9.64 Å². The summed E-state index contributed by atoms with van der Waals surface area (Å²) in [6, 6.07) is 7.85. The number of rotatable bonds is 2. The van der Waals surface area contributed by atoms with E-state index in [9.17, 15) is 9.59 Å². The molecular weight excluding hydrogens is 362 g/mol. The molecule has 2 amide bonds. The smallest absolute Gasteiger partial charge is 0.312 e. The molecule has 0 atom stereocenters. The Morgan fingerprint density at radius 3 is 2.07 bits per heavy atom. The minimum atomic E-state index is -0.541. The average molecular weight is 389 g/mol. The zero-order chi connectivity index (χ0) is 19.6. The van der Waals surface area contributed by atoms with Crippen molar-refractivity contribution in [3.63, 3.8) is 0 Å². The van der Waals surface area contributed by atoms with E-state index in [0.717, 1.165) is 11.4 Å². The standard InChI is InChI=1S/C20H27N3O5/c1-26-17-5-3-2-4-16(17)21-10-12-23(13-11-21)19(25)18(24)22-8-6-20(7-9-22)27-14-15-28-20/h2-5H,6-15H2,1H3. The van der Waals surface area contributed by atoms with Crippen LogP contribution in [-0.4, -0.2) is 87.0 Å². The first-order valence-corrected chi connectivity index (χ1v) is 9.86. The summed E-state index contributed by atoms with van der Waals surface area (Å²) in [7, 11) is 1.65. The minimum Gasteiger partial charge on any atom is -0.495 e. The number of methoxy groups -OCH3 is 1. The highest BCUT2D eigenvalue weighted by atomic mass is 16.7. The van der Waals surface area contributed by atoms with Crippen molar-refractivity contribution in [3.05, 3.63) is 24.3 Å². The van der Waals surface area contributed by atoms with Crippen molar-refractivity contribution in [2.24, 2.45) is 0 Å². The van der Waals surface area contributed by atoms with Crippen LogP contribution in [0, 0.1) is 0 Å². The normalized spacial score (nSPS) is 21.8. The molecule has 3 fully saturated rings. The van der Waals surface area contributed by atoms with Crippen molar-refractivity contribution in [2.45, 2.75) is 18.6 Å². The van der Waals surface area contributed by atoms with Gasteiger partial charge in [-0.05, 0) is 12.1 Å². The van der Waals surface area contributed by atoms with E-state index in [1.54, 1.807) is 16.9 Å². The minimum absolute atomic E-state index is 0.413. The number of piperidine rings is 1. The molecule has 152 valence electrons. The fourth-order valence-electron chi connectivity index (χ4n) is 4.15. The Morgan fingerprint density at radius 1 is 0.893 bits per heavy atom. The van der Waals surface area contributed by atoms with Crippen LogP contribution >= 0.6 is 0 Å². The molecule has 8 heteroatoms. The lowest BCUT2D eigenvalue weighted by Gasteiger charge is -2.39. The number of carbonyl (C=O) groups is 2. The second kappa shape index (κ2) is 7.97. The molecule has 0 aromatic heterocycles. The quantitative estimate of drug-likeness (QED) is 0.694. The number of likely N-dealkylation sites (tertiary alicyclic amines) is 1. The third-order valence-corrected chi connectivity index (χ3v) is 5.80. The number of piperazine rings is 1. The first-order chi connectivity index (χ1) is 13.6. The maximum absolute atomic E-state index is 12.7. The molecule has 8 nitrogen and oxygen atoms in total. The second-order valence-corrected chi connectivity index (χ2v) is 7.35. The van der Waals surface area contributed by atoms with Gasteiger partial charge < -0.3 is 28.9 Å². The predicted octanol–water partition coefficient (Wildman–Crippen LogP) is 0.709. The average Bonchev–Trinajstić information content (AvgIpc) is 3.21.